The average molecular weight is 242 g/mol. The van der Waals surface area contributed by atoms with E-state index in [9.17, 15) is 0 Å². The normalized spacial score (nSPS) is 11.5. The van der Waals surface area contributed by atoms with Crippen LogP contribution in [0.4, 0.5) is 0 Å². The van der Waals surface area contributed by atoms with E-state index in [0.29, 0.717) is 0 Å². The third-order valence-electron chi connectivity index (χ3n) is 2.61. The first-order valence-corrected chi connectivity index (χ1v) is 8.98. The zero-order valence-electron chi connectivity index (χ0n) is 8.39. The van der Waals surface area contributed by atoms with Crippen molar-refractivity contribution in [3.8, 4) is 0 Å². The summed E-state index contributed by atoms with van der Waals surface area (Å²) in [5.41, 5.74) is 0. The molecule has 11 heavy (non-hydrogen) atoms. The SMILES string of the molecule is CC[As+](CC)(CC)N(C)C.[Cl-]. The van der Waals surface area contributed by atoms with Crippen LogP contribution in [0.1, 0.15) is 20.8 Å². The monoisotopic (exact) mass is 241 g/mol. The number of hydrogen-bond acceptors (Lipinski definition) is 1. The molecule has 0 aliphatic carbocycles. The summed E-state index contributed by atoms with van der Waals surface area (Å²) in [5, 5.41) is 4.29. The number of nitrogens with zero attached hydrogens (tertiary/aromatic N) is 1. The Hall–Kier alpha value is 0.808. The summed E-state index contributed by atoms with van der Waals surface area (Å²) in [6, 6.07) is 0. The van der Waals surface area contributed by atoms with Crippen LogP contribution >= 0.6 is 0 Å². The summed E-state index contributed by atoms with van der Waals surface area (Å²) < 4.78 is 2.53. The van der Waals surface area contributed by atoms with Crippen LogP contribution in [-0.2, 0) is 0 Å². The fourth-order valence-corrected chi connectivity index (χ4v) is 7.89. The second kappa shape index (κ2) is 6.34. The molecule has 0 atom stereocenters. The van der Waals surface area contributed by atoms with Crippen molar-refractivity contribution in [2.75, 3.05) is 14.1 Å². The molecule has 0 saturated carbocycles. The molecule has 1 nitrogen and oxygen atoms in total. The molecule has 0 amide bonds. The van der Waals surface area contributed by atoms with Crippen LogP contribution in [0.2, 0.25) is 15.6 Å². The van der Waals surface area contributed by atoms with Crippen molar-refractivity contribution in [2.45, 2.75) is 36.4 Å². The van der Waals surface area contributed by atoms with Gasteiger partial charge in [-0.3, -0.25) is 0 Å². The summed E-state index contributed by atoms with van der Waals surface area (Å²) in [7, 11) is 4.51. The van der Waals surface area contributed by atoms with E-state index in [2.05, 4.69) is 38.7 Å². The van der Waals surface area contributed by atoms with E-state index in [1.54, 1.807) is 0 Å². The second-order valence-electron chi connectivity index (χ2n) is 2.89. The van der Waals surface area contributed by atoms with Gasteiger partial charge >= 0.3 is 68.1 Å². The van der Waals surface area contributed by atoms with Gasteiger partial charge < -0.3 is 12.4 Å². The van der Waals surface area contributed by atoms with Crippen LogP contribution in [0.3, 0.4) is 0 Å². The minimum absolute atomic E-state index is 0. The Morgan fingerprint density at radius 3 is 1.18 bits per heavy atom. The van der Waals surface area contributed by atoms with Crippen molar-refractivity contribution in [1.82, 2.24) is 3.82 Å². The fourth-order valence-electron chi connectivity index (χ4n) is 1.52. The van der Waals surface area contributed by atoms with E-state index in [4.69, 9.17) is 0 Å². The number of hydrogen-bond donors (Lipinski definition) is 0. The molecule has 0 aromatic carbocycles. The molecule has 3 heteroatoms. The molecule has 0 fully saturated rings. The maximum absolute atomic E-state index is 2.53. The van der Waals surface area contributed by atoms with Crippen molar-refractivity contribution in [3.05, 3.63) is 0 Å². The largest absolute Gasteiger partial charge is 1.00 e. The molecule has 0 spiro atoms. The Morgan fingerprint density at radius 2 is 1.18 bits per heavy atom. The van der Waals surface area contributed by atoms with Crippen LogP contribution in [0, 0.1) is 0 Å². The van der Waals surface area contributed by atoms with Gasteiger partial charge in [0.2, 0.25) is 0 Å². The van der Waals surface area contributed by atoms with Gasteiger partial charge in [-0.05, 0) is 0 Å². The minimum atomic E-state index is -1.30. The van der Waals surface area contributed by atoms with E-state index in [-0.39, 0.29) is 12.4 Å². The van der Waals surface area contributed by atoms with Crippen molar-refractivity contribution < 1.29 is 12.4 Å². The summed E-state index contributed by atoms with van der Waals surface area (Å²) in [4.78, 5) is 0. The summed E-state index contributed by atoms with van der Waals surface area (Å²) in [6.45, 7) is 7.04. The van der Waals surface area contributed by atoms with Crippen molar-refractivity contribution in [1.29, 1.82) is 0 Å². The summed E-state index contributed by atoms with van der Waals surface area (Å²) in [5.74, 6) is 0. The van der Waals surface area contributed by atoms with Gasteiger partial charge in [0.05, 0.1) is 0 Å². The molecule has 70 valence electrons. The Morgan fingerprint density at radius 1 is 0.909 bits per heavy atom. The minimum Gasteiger partial charge on any atom is -1.00 e. The molecule has 0 heterocycles. The first kappa shape index (κ1) is 14.3. The number of rotatable bonds is 4. The Balaban J connectivity index is 0. The first-order chi connectivity index (χ1) is 4.63. The van der Waals surface area contributed by atoms with Gasteiger partial charge in [-0.1, -0.05) is 0 Å². The zero-order valence-corrected chi connectivity index (χ0v) is 11.0. The molecule has 0 aromatic heterocycles. The molecule has 0 aliphatic heterocycles. The third kappa shape index (κ3) is 3.36. The van der Waals surface area contributed by atoms with E-state index in [1.807, 2.05) is 0 Å². The summed E-state index contributed by atoms with van der Waals surface area (Å²) >= 11 is -1.30. The van der Waals surface area contributed by atoms with Crippen LogP contribution in [-0.4, -0.2) is 31.7 Å². The summed E-state index contributed by atoms with van der Waals surface area (Å²) in [6.07, 6.45) is 0. The van der Waals surface area contributed by atoms with Crippen LogP contribution in [0.15, 0.2) is 0 Å². The molecule has 0 bridgehead atoms. The van der Waals surface area contributed by atoms with E-state index >= 15 is 0 Å². The Kier molecular flexibility index (Phi) is 8.26. The van der Waals surface area contributed by atoms with E-state index < -0.39 is 13.8 Å². The van der Waals surface area contributed by atoms with Crippen LogP contribution in [0.25, 0.3) is 0 Å². The van der Waals surface area contributed by atoms with Crippen LogP contribution < -0.4 is 12.4 Å². The van der Waals surface area contributed by atoms with Gasteiger partial charge in [-0.15, -0.1) is 0 Å². The molecular formula is C8H21AsClN. The smallest absolute Gasteiger partial charge is 1.00 e. The molecule has 0 N–H and O–H groups in total. The zero-order chi connectivity index (χ0) is 8.20. The standard InChI is InChI=1S/C8H21AsN.ClH/c1-6-9(7-2,8-3)10(4)5;/h6-8H2,1-5H3;1H/q+1;/p-1. The molecule has 0 aliphatic rings. The predicted molar refractivity (Wildman–Crippen MR) is 50.9 cm³/mol. The maximum Gasteiger partial charge on any atom is -1.00 e. The molecule has 0 unspecified atom stereocenters. The van der Waals surface area contributed by atoms with Gasteiger partial charge in [0.25, 0.3) is 0 Å². The van der Waals surface area contributed by atoms with Gasteiger partial charge in [0.15, 0.2) is 0 Å². The Labute approximate surface area is 80.6 Å². The third-order valence-corrected chi connectivity index (χ3v) is 13.6. The van der Waals surface area contributed by atoms with Crippen molar-refractivity contribution in [2.24, 2.45) is 0 Å². The van der Waals surface area contributed by atoms with E-state index in [0.717, 1.165) is 0 Å². The maximum atomic E-state index is 2.53. The predicted octanol–water partition coefficient (Wildman–Crippen LogP) is -0.443. The average Bonchev–Trinajstić information content (AvgIpc) is 1.92. The van der Waals surface area contributed by atoms with Gasteiger partial charge in [-0.25, -0.2) is 0 Å². The molecule has 0 aromatic rings. The van der Waals surface area contributed by atoms with Crippen molar-refractivity contribution in [3.63, 3.8) is 0 Å². The number of halogens is 1. The van der Waals surface area contributed by atoms with Crippen molar-refractivity contribution >= 4 is 13.8 Å². The van der Waals surface area contributed by atoms with Gasteiger partial charge in [0.1, 0.15) is 0 Å². The van der Waals surface area contributed by atoms with E-state index in [1.165, 1.54) is 15.6 Å². The molecule has 0 saturated heterocycles. The molecule has 0 rings (SSSR count). The topological polar surface area (TPSA) is 3.24 Å². The van der Waals surface area contributed by atoms with Gasteiger partial charge in [-0.2, -0.15) is 0 Å². The Bertz CT molecular complexity index is 83.8. The second-order valence-corrected chi connectivity index (χ2v) is 13.1. The quantitative estimate of drug-likeness (QED) is 0.603. The molecule has 0 radical (unpaired) electrons. The fraction of sp³-hybridized carbons (Fsp3) is 1.00. The first-order valence-electron chi connectivity index (χ1n) is 4.16. The van der Waals surface area contributed by atoms with Gasteiger partial charge in [0, 0.05) is 0 Å². The van der Waals surface area contributed by atoms with Crippen LogP contribution in [0.5, 0.6) is 0 Å². The molecular weight excluding hydrogens is 220 g/mol.